The van der Waals surface area contributed by atoms with E-state index in [1.54, 1.807) is 28.0 Å². The highest BCUT2D eigenvalue weighted by Gasteiger charge is 2.57. The number of ketones is 2. The summed E-state index contributed by atoms with van der Waals surface area (Å²) in [5.41, 5.74) is 12.0. The van der Waals surface area contributed by atoms with Crippen LogP contribution in [0.2, 0.25) is 0 Å². The number of allylic oxidation sites excluding steroid dienone is 4. The number of carbonyl (C=O) groups excluding carboxylic acids is 5. The fourth-order valence-corrected chi connectivity index (χ4v) is 14.6. The minimum absolute atomic E-state index is 0.0136. The molecule has 1 unspecified atom stereocenters. The van der Waals surface area contributed by atoms with Gasteiger partial charge in [0.25, 0.3) is 5.56 Å². The Hall–Kier alpha value is -6.37. The molecule has 3 fully saturated rings. The fraction of sp³-hybridized carbons (Fsp3) is 0.517. The maximum atomic E-state index is 13.7. The third-order valence-corrected chi connectivity index (χ3v) is 18.4. The minimum Gasteiger partial charge on any atom is -0.460 e. The molecule has 13 heteroatoms. The van der Waals surface area contributed by atoms with Crippen molar-refractivity contribution in [2.75, 3.05) is 44.7 Å². The van der Waals surface area contributed by atoms with Gasteiger partial charge in [-0.2, -0.15) is 0 Å². The summed E-state index contributed by atoms with van der Waals surface area (Å²) in [6.45, 7) is 11.1. The average molecular weight is 988 g/mol. The van der Waals surface area contributed by atoms with E-state index in [2.05, 4.69) is 50.1 Å². The molecule has 4 aliphatic carbocycles. The molecule has 0 radical (unpaired) electrons. The van der Waals surface area contributed by atoms with E-state index in [0.29, 0.717) is 93.0 Å². The lowest BCUT2D eigenvalue weighted by atomic mass is 9.51. The molecule has 2 aromatic carbocycles. The van der Waals surface area contributed by atoms with E-state index in [-0.39, 0.29) is 47.1 Å². The van der Waals surface area contributed by atoms with Crippen LogP contribution in [0.4, 0.5) is 10.5 Å². The number of carbonyl (C=O) groups is 5. The molecule has 4 aromatic rings. The molecule has 6 atom stereocenters. The number of anilines is 1. The Kier molecular flexibility index (Phi) is 13.0. The zero-order chi connectivity index (χ0) is 50.9. The van der Waals surface area contributed by atoms with E-state index in [1.807, 2.05) is 36.1 Å². The van der Waals surface area contributed by atoms with Crippen molar-refractivity contribution in [1.29, 1.82) is 0 Å². The number of ether oxygens (including phenoxy) is 2. The van der Waals surface area contributed by atoms with Crippen molar-refractivity contribution in [3.8, 4) is 17.1 Å². The van der Waals surface area contributed by atoms with Crippen molar-refractivity contribution < 1.29 is 33.4 Å². The number of amides is 2. The Labute approximate surface area is 428 Å². The summed E-state index contributed by atoms with van der Waals surface area (Å²) in [5.74, 6) is 1.70. The summed E-state index contributed by atoms with van der Waals surface area (Å²) in [5, 5.41) is 0.864. The maximum Gasteiger partial charge on any atom is 0.415 e. The highest BCUT2D eigenvalue weighted by atomic mass is 16.6. The van der Waals surface area contributed by atoms with Gasteiger partial charge in [-0.25, -0.2) is 9.78 Å². The summed E-state index contributed by atoms with van der Waals surface area (Å²) in [6, 6.07) is 16.5. The van der Waals surface area contributed by atoms with Crippen molar-refractivity contribution in [2.24, 2.45) is 23.2 Å². The Balaban J connectivity index is 0.660. The molecule has 2 aromatic heterocycles. The highest BCUT2D eigenvalue weighted by molar-refractivity contribution is 5.93. The SMILES string of the molecule is CCc1c2c(nc3ccc(OC(=O)N4CCN(C(=O)CCCCCN(C)c5ccc([C@H]6C[C@@]7(C)C(CC[C@@H]7C(C)=O)[C@@H]7CCC8=CC(=O)CCC8=C76)cc5)CC4)cc13)-c1cc3c(c(=O)n1C2)COC(=O)[C@@H]3CC. The average Bonchev–Trinajstić information content (AvgIpc) is 3.95. The van der Waals surface area contributed by atoms with Gasteiger partial charge in [0.05, 0.1) is 34.9 Å². The summed E-state index contributed by atoms with van der Waals surface area (Å²) < 4.78 is 13.0. The van der Waals surface area contributed by atoms with E-state index >= 15 is 0 Å². The van der Waals surface area contributed by atoms with E-state index in [9.17, 15) is 28.8 Å². The molecule has 7 aliphatic rings. The van der Waals surface area contributed by atoms with Crippen LogP contribution in [-0.2, 0) is 43.5 Å². The molecule has 73 heavy (non-hydrogen) atoms. The second kappa shape index (κ2) is 19.5. The molecule has 0 spiro atoms. The Morgan fingerprint density at radius 1 is 0.890 bits per heavy atom. The number of rotatable bonds is 12. The number of aromatic nitrogens is 2. The zero-order valence-corrected chi connectivity index (χ0v) is 43.2. The molecular weight excluding hydrogens is 919 g/mol. The molecule has 382 valence electrons. The quantitative estimate of drug-likeness (QED) is 0.0874. The van der Waals surface area contributed by atoms with Crippen molar-refractivity contribution in [2.45, 2.75) is 136 Å². The molecule has 0 bridgehead atoms. The molecule has 3 aliphatic heterocycles. The minimum atomic E-state index is -0.476. The summed E-state index contributed by atoms with van der Waals surface area (Å²) in [6.07, 6.45) is 12.4. The number of fused-ring (bicyclic) bond motifs is 9. The first kappa shape index (κ1) is 48.9. The van der Waals surface area contributed by atoms with Crippen LogP contribution in [0.5, 0.6) is 5.75 Å². The predicted molar refractivity (Wildman–Crippen MR) is 280 cm³/mol. The van der Waals surface area contributed by atoms with Crippen molar-refractivity contribution in [3.63, 3.8) is 0 Å². The first-order valence-corrected chi connectivity index (χ1v) is 27.2. The standard InChI is InChI=1S/C60H69N5O8/c1-6-41-46-30-40(18-23-52(46)61-56-48(41)33-65-53(56)31-45-42(7-2)58(70)72-34-49(45)57(65)69)73-59(71)64-27-25-63(26-28-64)54(68)11-9-8-10-24-62(5)38-15-12-36(13-16-38)47-32-60(4)50(35(3)66)21-22-51(60)44-19-14-37-29-39(67)17-20-43(37)55(44)47/h12-13,15-16,18,23,29-31,42,44,47,50-51H,6-11,14,17,19-22,24-28,32-34H2,1-5H3/t42-,44+,47-,50-,51?,60-/m1/s1. The van der Waals surface area contributed by atoms with Gasteiger partial charge in [0.1, 0.15) is 18.1 Å². The molecule has 5 heterocycles. The van der Waals surface area contributed by atoms with Crippen LogP contribution in [0.3, 0.4) is 0 Å². The van der Waals surface area contributed by atoms with Gasteiger partial charge in [-0.1, -0.05) is 44.9 Å². The van der Waals surface area contributed by atoms with E-state index in [1.165, 1.54) is 16.7 Å². The third-order valence-electron chi connectivity index (χ3n) is 18.4. The van der Waals surface area contributed by atoms with Gasteiger partial charge in [-0.15, -0.1) is 0 Å². The molecule has 13 nitrogen and oxygen atoms in total. The van der Waals surface area contributed by atoms with Crippen LogP contribution >= 0.6 is 0 Å². The second-order valence-corrected chi connectivity index (χ2v) is 22.3. The lowest BCUT2D eigenvalue weighted by Gasteiger charge is -2.52. The Morgan fingerprint density at radius 2 is 1.67 bits per heavy atom. The van der Waals surface area contributed by atoms with Gasteiger partial charge >= 0.3 is 12.1 Å². The van der Waals surface area contributed by atoms with Gasteiger partial charge in [0, 0.05) is 81.1 Å². The van der Waals surface area contributed by atoms with Crippen LogP contribution in [0.1, 0.15) is 144 Å². The smallest absolute Gasteiger partial charge is 0.415 e. The predicted octanol–water partition coefficient (Wildman–Crippen LogP) is 9.98. The summed E-state index contributed by atoms with van der Waals surface area (Å²) in [7, 11) is 2.13. The van der Waals surface area contributed by atoms with Gasteiger partial charge in [0.2, 0.25) is 5.91 Å². The number of hydrogen-bond donors (Lipinski definition) is 0. The lowest BCUT2D eigenvalue weighted by molar-refractivity contribution is -0.148. The van der Waals surface area contributed by atoms with Crippen LogP contribution in [-0.4, -0.2) is 88.7 Å². The normalized spacial score (nSPS) is 25.0. The molecule has 2 amide bonds. The van der Waals surface area contributed by atoms with E-state index in [4.69, 9.17) is 14.5 Å². The topological polar surface area (TPSA) is 148 Å². The fourth-order valence-electron chi connectivity index (χ4n) is 14.6. The van der Waals surface area contributed by atoms with Crippen LogP contribution in [0.15, 0.2) is 76.1 Å². The van der Waals surface area contributed by atoms with Gasteiger partial charge in [-0.05, 0) is 159 Å². The number of hydrogen-bond acceptors (Lipinski definition) is 10. The molecule has 11 rings (SSSR count). The zero-order valence-electron chi connectivity index (χ0n) is 43.2. The number of esters is 1. The number of piperazine rings is 1. The van der Waals surface area contributed by atoms with Crippen LogP contribution < -0.4 is 15.2 Å². The highest BCUT2D eigenvalue weighted by Crippen LogP contribution is 2.65. The number of Topliss-reactive ketones (excluding diaryl/α,β-unsaturated/α-hetero) is 1. The Morgan fingerprint density at radius 3 is 2.42 bits per heavy atom. The monoisotopic (exact) mass is 988 g/mol. The van der Waals surface area contributed by atoms with Crippen molar-refractivity contribution in [1.82, 2.24) is 19.4 Å². The van der Waals surface area contributed by atoms with Crippen LogP contribution in [0.25, 0.3) is 22.3 Å². The molecule has 2 saturated carbocycles. The van der Waals surface area contributed by atoms with E-state index < -0.39 is 12.0 Å². The van der Waals surface area contributed by atoms with Crippen LogP contribution in [0, 0.1) is 23.2 Å². The van der Waals surface area contributed by atoms with Gasteiger partial charge in [-0.3, -0.25) is 24.0 Å². The van der Waals surface area contributed by atoms with Gasteiger partial charge < -0.3 is 28.7 Å². The lowest BCUT2D eigenvalue weighted by Crippen LogP contribution is -2.51. The number of benzene rings is 2. The second-order valence-electron chi connectivity index (χ2n) is 22.3. The van der Waals surface area contributed by atoms with Crippen molar-refractivity contribution in [3.05, 3.63) is 109 Å². The number of aryl methyl sites for hydroxylation is 1. The molecule has 1 saturated heterocycles. The molecule has 0 N–H and O–H groups in total. The largest absolute Gasteiger partial charge is 0.460 e. The van der Waals surface area contributed by atoms with Crippen molar-refractivity contribution >= 4 is 46.1 Å². The summed E-state index contributed by atoms with van der Waals surface area (Å²) in [4.78, 5) is 89.4. The van der Waals surface area contributed by atoms with E-state index in [0.717, 1.165) is 103 Å². The summed E-state index contributed by atoms with van der Waals surface area (Å²) >= 11 is 0. The van der Waals surface area contributed by atoms with Gasteiger partial charge in [0.15, 0.2) is 5.78 Å². The number of unbranched alkanes of at least 4 members (excludes halogenated alkanes) is 2. The number of cyclic esters (lactones) is 1. The first-order chi connectivity index (χ1) is 35.3. The number of nitrogens with zero attached hydrogens (tertiary/aromatic N) is 5. The number of pyridine rings is 2. The Bertz CT molecular complexity index is 3070. The molecular formula is C60H69N5O8. The maximum absolute atomic E-state index is 13.7. The third kappa shape index (κ3) is 8.61. The first-order valence-electron chi connectivity index (χ1n) is 27.2.